The number of aromatic nitrogens is 2. The number of fused-ring (bicyclic) bond motifs is 1. The third-order valence-corrected chi connectivity index (χ3v) is 2.35. The molecule has 0 aliphatic rings. The van der Waals surface area contributed by atoms with E-state index in [9.17, 15) is 0 Å². The Morgan fingerprint density at radius 3 is 1.71 bits per heavy atom. The molecule has 17 heavy (non-hydrogen) atoms. The summed E-state index contributed by atoms with van der Waals surface area (Å²) in [5.74, 6) is 0. The van der Waals surface area contributed by atoms with Crippen molar-refractivity contribution < 1.29 is 19.5 Å². The zero-order chi connectivity index (χ0) is 12.0. The van der Waals surface area contributed by atoms with E-state index < -0.39 is 0 Å². The summed E-state index contributed by atoms with van der Waals surface area (Å²) in [5, 5.41) is 0.812. The van der Waals surface area contributed by atoms with Gasteiger partial charge in [0.25, 0.3) is 0 Å². The van der Waals surface area contributed by atoms with Gasteiger partial charge in [-0.3, -0.25) is 9.97 Å². The number of nitrogens with two attached hydrogens (primary N) is 1. The van der Waals surface area contributed by atoms with E-state index in [0.717, 1.165) is 11.0 Å². The first-order valence-electron chi connectivity index (χ1n) is 4.64. The second-order valence-corrected chi connectivity index (χ2v) is 3.63. The van der Waals surface area contributed by atoms with E-state index in [1.807, 2.05) is 24.3 Å². The van der Waals surface area contributed by atoms with Gasteiger partial charge >= 0.3 is 0 Å². The Hall–Kier alpha value is -0.457. The van der Waals surface area contributed by atoms with E-state index in [1.54, 1.807) is 0 Å². The Bertz CT molecular complexity index is 425. The normalized spacial score (nSPS) is 9.06. The molecule has 0 atom stereocenters. The number of nitrogens with one attached hydrogen (secondary N) is 1. The molecule has 7 heteroatoms. The fraction of sp³-hybridized carbons (Fsp3) is 0.200. The molecule has 0 bridgehead atoms. The van der Waals surface area contributed by atoms with Gasteiger partial charge in [-0.25, -0.2) is 0 Å². The van der Waals surface area contributed by atoms with Crippen molar-refractivity contribution in [3.05, 3.63) is 30.0 Å². The Morgan fingerprint density at radius 2 is 1.41 bits per heavy atom. The van der Waals surface area contributed by atoms with E-state index >= 15 is 0 Å². The van der Waals surface area contributed by atoms with Crippen LogP contribution in [0.3, 0.4) is 0 Å². The van der Waals surface area contributed by atoms with E-state index in [0.29, 0.717) is 23.1 Å². The van der Waals surface area contributed by atoms with Gasteiger partial charge < -0.3 is 36.7 Å². The van der Waals surface area contributed by atoms with Crippen molar-refractivity contribution in [2.75, 3.05) is 13.1 Å². The molecule has 0 saturated carbocycles. The van der Waals surface area contributed by atoms with E-state index in [2.05, 4.69) is 9.97 Å². The van der Waals surface area contributed by atoms with Gasteiger partial charge in [-0.15, -0.1) is 6.54 Å². The summed E-state index contributed by atoms with van der Waals surface area (Å²) in [6.07, 6.45) is 0. The first-order valence-corrected chi connectivity index (χ1v) is 5.46. The summed E-state index contributed by atoms with van der Waals surface area (Å²) < 4.78 is 0. The first kappa shape index (κ1) is 16.5. The molecule has 1 heterocycles. The molecule has 0 radical (unpaired) electrons. The van der Waals surface area contributed by atoms with Crippen LogP contribution in [0.15, 0.2) is 34.3 Å². The van der Waals surface area contributed by atoms with Crippen molar-refractivity contribution in [3.63, 3.8) is 0 Å². The van der Waals surface area contributed by atoms with Crippen LogP contribution < -0.4 is 5.73 Å². The van der Waals surface area contributed by atoms with Crippen molar-refractivity contribution in [1.29, 1.82) is 0 Å². The van der Waals surface area contributed by atoms with Crippen molar-refractivity contribution >= 4 is 36.3 Å². The smallest absolute Gasteiger partial charge is 0.0867 e. The third kappa shape index (κ3) is 5.14. The van der Waals surface area contributed by atoms with Gasteiger partial charge in [-0.1, -0.05) is 22.2 Å². The van der Waals surface area contributed by atoms with Crippen LogP contribution in [-0.2, 0) is 44.7 Å². The molecule has 0 aliphatic carbocycles. The van der Waals surface area contributed by atoms with Gasteiger partial charge in [-0.05, 0) is 18.7 Å². The molecule has 0 spiro atoms. The molecule has 4 nitrogen and oxygen atoms in total. The quantitative estimate of drug-likeness (QED) is 0.636. The van der Waals surface area contributed by atoms with Crippen LogP contribution in [0.25, 0.3) is 16.8 Å². The number of rotatable bonds is 1. The third-order valence-electron chi connectivity index (χ3n) is 1.65. The number of nitrogens with zero attached hydrogens (tertiary/aromatic N) is 2. The minimum Gasteiger partial charge on any atom is -0.760 e. The summed E-state index contributed by atoms with van der Waals surface area (Å²) in [4.78, 5) is 8.25. The van der Waals surface area contributed by atoms with Crippen LogP contribution in [0, 0.1) is 0 Å². The van der Waals surface area contributed by atoms with E-state index in [1.165, 1.54) is 0 Å². The van der Waals surface area contributed by atoms with E-state index in [-0.39, 0.29) is 19.5 Å². The maximum Gasteiger partial charge on any atom is 0.0867 e. The molecule has 0 saturated heterocycles. The van der Waals surface area contributed by atoms with Crippen LogP contribution in [0.5, 0.6) is 0 Å². The summed E-state index contributed by atoms with van der Waals surface area (Å²) in [7, 11) is 0. The Morgan fingerprint density at radius 1 is 1.06 bits per heavy atom. The average molecular weight is 317 g/mol. The maximum atomic E-state index is 6.33. The minimum absolute atomic E-state index is 0. The Kier molecular flexibility index (Phi) is 8.38. The second kappa shape index (κ2) is 8.61. The van der Waals surface area contributed by atoms with Gasteiger partial charge in [0, 0.05) is 19.5 Å². The number of benzene rings is 1. The predicted molar refractivity (Wildman–Crippen MR) is 69.0 cm³/mol. The standard InChI is InChI=1S/C8H6N2S2.C2H7N2.Zn/c11-7-8(12)10-6-4-2-1-3-5(6)9-7;3-1-2-4;/h1-4H,(H,9,11)(H,10,12);3H,1-2,4H2;/q;-1;/p-2. The molecule has 0 amide bonds. The minimum atomic E-state index is 0. The van der Waals surface area contributed by atoms with Crippen LogP contribution in [0.1, 0.15) is 0 Å². The van der Waals surface area contributed by atoms with Crippen molar-refractivity contribution in [3.8, 4) is 0 Å². The van der Waals surface area contributed by atoms with Crippen molar-refractivity contribution in [2.45, 2.75) is 10.1 Å². The molecular formula is C10H11N4S2Zn-3. The van der Waals surface area contributed by atoms with Crippen LogP contribution >= 0.6 is 0 Å². The molecule has 2 rings (SSSR count). The van der Waals surface area contributed by atoms with Gasteiger partial charge in [0.2, 0.25) is 0 Å². The van der Waals surface area contributed by atoms with Crippen LogP contribution in [-0.4, -0.2) is 23.1 Å². The monoisotopic (exact) mass is 315 g/mol. The maximum absolute atomic E-state index is 6.33. The zero-order valence-corrected chi connectivity index (χ0v) is 13.8. The topological polar surface area (TPSA) is 75.6 Å². The average Bonchev–Trinajstić information content (AvgIpc) is 2.31. The fourth-order valence-corrected chi connectivity index (χ4v) is 1.26. The van der Waals surface area contributed by atoms with E-state index in [4.69, 9.17) is 36.7 Å². The van der Waals surface area contributed by atoms with Gasteiger partial charge in [0.15, 0.2) is 0 Å². The number of para-hydroxylation sites is 2. The molecule has 3 N–H and O–H groups in total. The summed E-state index contributed by atoms with van der Waals surface area (Å²) in [6.45, 7) is 0.833. The zero-order valence-electron chi connectivity index (χ0n) is 9.22. The molecule has 1 aromatic heterocycles. The van der Waals surface area contributed by atoms with Gasteiger partial charge in [0.05, 0.1) is 11.0 Å². The fourth-order valence-electron chi connectivity index (χ4n) is 0.968. The molecule has 0 aliphatic heterocycles. The summed E-state index contributed by atoms with van der Waals surface area (Å²) in [5.41, 5.74) is 12.8. The summed E-state index contributed by atoms with van der Waals surface area (Å²) >= 11 is 9.81. The number of hydrogen-bond donors (Lipinski definition) is 1. The molecule has 88 valence electrons. The molecule has 1 aromatic carbocycles. The Balaban J connectivity index is 0.000000453. The Labute approximate surface area is 124 Å². The molecule has 2 aromatic rings. The van der Waals surface area contributed by atoms with Crippen molar-refractivity contribution in [1.82, 2.24) is 9.97 Å². The molecular weight excluding hydrogens is 306 g/mol. The second-order valence-electron chi connectivity index (χ2n) is 2.86. The first-order chi connectivity index (χ1) is 7.69. The SMILES string of the molecule is [NH-]CCN.[S-]c1nc2ccccc2nc1[S-].[Zn]. The largest absolute Gasteiger partial charge is 0.760 e. The number of hydrogen-bond acceptors (Lipinski definition) is 5. The van der Waals surface area contributed by atoms with Crippen LogP contribution in [0.2, 0.25) is 0 Å². The summed E-state index contributed by atoms with van der Waals surface area (Å²) in [6, 6.07) is 7.53. The van der Waals surface area contributed by atoms with Gasteiger partial charge in [-0.2, -0.15) is 0 Å². The molecule has 0 fully saturated rings. The molecule has 0 unspecified atom stereocenters. The van der Waals surface area contributed by atoms with Crippen LogP contribution in [0.4, 0.5) is 0 Å². The van der Waals surface area contributed by atoms with Gasteiger partial charge in [0.1, 0.15) is 0 Å². The predicted octanol–water partition coefficient (Wildman–Crippen LogP) is 1.44. The van der Waals surface area contributed by atoms with Crippen molar-refractivity contribution in [2.24, 2.45) is 5.73 Å².